The predicted molar refractivity (Wildman–Crippen MR) is 194 cm³/mol. The van der Waals surface area contributed by atoms with E-state index in [0.717, 1.165) is 21.3 Å². The topological polar surface area (TPSA) is 88.1 Å². The van der Waals surface area contributed by atoms with Gasteiger partial charge in [0.05, 0.1) is 24.1 Å². The molecular formula is C41H38BrFN2O5. The lowest BCUT2D eigenvalue weighted by atomic mass is 9.85. The molecule has 2 N–H and O–H groups in total. The quantitative estimate of drug-likeness (QED) is 0.118. The van der Waals surface area contributed by atoms with E-state index in [9.17, 15) is 19.1 Å². The van der Waals surface area contributed by atoms with Gasteiger partial charge in [0.2, 0.25) is 5.91 Å². The second kappa shape index (κ2) is 16.6. The molecule has 50 heavy (non-hydrogen) atoms. The summed E-state index contributed by atoms with van der Waals surface area (Å²) in [4.78, 5) is 29.5. The van der Waals surface area contributed by atoms with Crippen LogP contribution < -0.4 is 10.1 Å². The predicted octanol–water partition coefficient (Wildman–Crippen LogP) is 9.04. The third-order valence-corrected chi connectivity index (χ3v) is 9.38. The number of aliphatic hydroxyl groups excluding tert-OH is 1. The van der Waals surface area contributed by atoms with Crippen LogP contribution in [0.25, 0.3) is 0 Å². The van der Waals surface area contributed by atoms with E-state index in [2.05, 4.69) is 21.2 Å². The van der Waals surface area contributed by atoms with Crippen molar-refractivity contribution in [2.24, 2.45) is 5.92 Å². The molecule has 0 spiro atoms. The largest absolute Gasteiger partial charge is 0.489 e. The molecule has 1 heterocycles. The Balaban J connectivity index is 1.40. The van der Waals surface area contributed by atoms with Crippen LogP contribution in [0.4, 0.5) is 14.9 Å². The fourth-order valence-corrected chi connectivity index (χ4v) is 6.64. The highest BCUT2D eigenvalue weighted by Crippen LogP contribution is 2.40. The van der Waals surface area contributed by atoms with E-state index in [-0.39, 0.29) is 19.4 Å². The molecule has 1 saturated heterocycles. The van der Waals surface area contributed by atoms with Gasteiger partial charge < -0.3 is 19.9 Å². The minimum absolute atomic E-state index is 0.0743. The summed E-state index contributed by atoms with van der Waals surface area (Å²) in [5.41, 5.74) is 3.94. The maximum Gasteiger partial charge on any atom is 0.416 e. The molecule has 0 radical (unpaired) electrons. The van der Waals surface area contributed by atoms with Gasteiger partial charge in [-0.2, -0.15) is 0 Å². The number of nitrogens with zero attached hydrogens (tertiary/aromatic N) is 1. The molecule has 3 unspecified atom stereocenters. The average Bonchev–Trinajstić information content (AvgIpc) is 3.50. The Morgan fingerprint density at radius 2 is 1.52 bits per heavy atom. The Kier molecular flexibility index (Phi) is 11.6. The van der Waals surface area contributed by atoms with Gasteiger partial charge in [0.25, 0.3) is 0 Å². The molecule has 0 bridgehead atoms. The van der Waals surface area contributed by atoms with Crippen LogP contribution in [-0.4, -0.2) is 34.7 Å². The number of carbonyl (C=O) groups excluding carboxylic acids is 2. The lowest BCUT2D eigenvalue weighted by molar-refractivity contribution is -0.134. The van der Waals surface area contributed by atoms with E-state index in [1.165, 1.54) is 29.2 Å². The molecule has 5 aromatic rings. The number of imide groups is 1. The third-order valence-electron chi connectivity index (χ3n) is 8.88. The second-order valence-electron chi connectivity index (χ2n) is 12.3. The highest BCUT2D eigenvalue weighted by atomic mass is 79.9. The number of halogens is 2. The maximum atomic E-state index is 14.9. The van der Waals surface area contributed by atoms with Gasteiger partial charge >= 0.3 is 6.09 Å². The first-order valence-corrected chi connectivity index (χ1v) is 17.4. The van der Waals surface area contributed by atoms with Crippen molar-refractivity contribution >= 4 is 33.6 Å². The van der Waals surface area contributed by atoms with Crippen LogP contribution in [-0.2, 0) is 22.6 Å². The second-order valence-corrected chi connectivity index (χ2v) is 13.2. The number of cyclic esters (lactones) is 1. The molecule has 4 atom stereocenters. The Hall–Kier alpha value is -4.99. The molecular weight excluding hydrogens is 699 g/mol. The smallest absolute Gasteiger partial charge is 0.416 e. The molecule has 0 saturated carbocycles. The summed E-state index contributed by atoms with van der Waals surface area (Å²) in [5, 5.41) is 14.8. The first kappa shape index (κ1) is 34.9. The molecule has 1 aliphatic heterocycles. The number of rotatable bonds is 14. The molecule has 0 aliphatic carbocycles. The Labute approximate surface area is 299 Å². The number of benzene rings is 5. The van der Waals surface area contributed by atoms with E-state index in [0.29, 0.717) is 29.9 Å². The summed E-state index contributed by atoms with van der Waals surface area (Å²) >= 11 is 3.59. The monoisotopic (exact) mass is 736 g/mol. The summed E-state index contributed by atoms with van der Waals surface area (Å²) in [5.74, 6) is -1.14. The number of carbonyl (C=O) groups is 2. The molecule has 1 aliphatic rings. The van der Waals surface area contributed by atoms with Crippen molar-refractivity contribution in [2.45, 2.75) is 44.1 Å². The maximum absolute atomic E-state index is 14.9. The molecule has 6 rings (SSSR count). The molecule has 9 heteroatoms. The molecule has 7 nitrogen and oxygen atoms in total. The van der Waals surface area contributed by atoms with E-state index >= 15 is 0 Å². The summed E-state index contributed by atoms with van der Waals surface area (Å²) in [7, 11) is 0. The Bertz CT molecular complexity index is 1860. The number of hydrogen-bond acceptors (Lipinski definition) is 6. The molecule has 2 amide bonds. The van der Waals surface area contributed by atoms with Crippen LogP contribution in [0.3, 0.4) is 0 Å². The summed E-state index contributed by atoms with van der Waals surface area (Å²) in [6.45, 7) is 0.368. The van der Waals surface area contributed by atoms with Gasteiger partial charge in [0, 0.05) is 15.7 Å². The van der Waals surface area contributed by atoms with Crippen LogP contribution in [0.15, 0.2) is 138 Å². The van der Waals surface area contributed by atoms with Crippen LogP contribution in [0.5, 0.6) is 5.75 Å². The van der Waals surface area contributed by atoms with Crippen molar-refractivity contribution < 1.29 is 28.6 Å². The fourth-order valence-electron chi connectivity index (χ4n) is 6.30. The highest BCUT2D eigenvalue weighted by molar-refractivity contribution is 9.10. The van der Waals surface area contributed by atoms with E-state index in [4.69, 9.17) is 9.47 Å². The van der Waals surface area contributed by atoms with Crippen molar-refractivity contribution in [1.29, 1.82) is 0 Å². The van der Waals surface area contributed by atoms with Crippen LogP contribution in [0, 0.1) is 11.7 Å². The van der Waals surface area contributed by atoms with E-state index in [1.807, 2.05) is 109 Å². The normalized spacial score (nSPS) is 15.9. The van der Waals surface area contributed by atoms with Crippen molar-refractivity contribution in [3.05, 3.63) is 166 Å². The van der Waals surface area contributed by atoms with Gasteiger partial charge in [0.1, 0.15) is 24.8 Å². The van der Waals surface area contributed by atoms with Crippen molar-refractivity contribution in [3.8, 4) is 5.75 Å². The number of para-hydroxylation sites is 1. The zero-order valence-corrected chi connectivity index (χ0v) is 28.9. The van der Waals surface area contributed by atoms with Crippen LogP contribution in [0.1, 0.15) is 47.2 Å². The first-order chi connectivity index (χ1) is 24.4. The number of nitrogens with one attached hydrogen (secondary N) is 1. The summed E-state index contributed by atoms with van der Waals surface area (Å²) in [6, 6.07) is 39.1. The number of amides is 2. The van der Waals surface area contributed by atoms with Crippen molar-refractivity contribution in [1.82, 2.24) is 4.90 Å². The van der Waals surface area contributed by atoms with Gasteiger partial charge in [-0.25, -0.2) is 14.1 Å². The lowest BCUT2D eigenvalue weighted by Crippen LogP contribution is -2.46. The molecule has 1 fully saturated rings. The SMILES string of the molecule is O=C1OC[C@H](Cc2ccccc2)N1C(=O)C(CCC(O)c1ccc(F)cc1)C(Nc1ccccc1)c1ccc(Br)cc1OCc1ccccc1. The number of ether oxygens (including phenoxy) is 2. The van der Waals surface area contributed by atoms with Gasteiger partial charge in [-0.15, -0.1) is 0 Å². The number of hydrogen-bond donors (Lipinski definition) is 2. The third kappa shape index (κ3) is 8.77. The zero-order chi connectivity index (χ0) is 34.9. The fraction of sp³-hybridized carbons (Fsp3) is 0.220. The van der Waals surface area contributed by atoms with Crippen molar-refractivity contribution in [3.63, 3.8) is 0 Å². The number of aliphatic hydroxyl groups is 1. The van der Waals surface area contributed by atoms with Gasteiger partial charge in [0.15, 0.2) is 0 Å². The number of anilines is 1. The summed E-state index contributed by atoms with van der Waals surface area (Å²) in [6.07, 6.45) is -0.901. The van der Waals surface area contributed by atoms with E-state index < -0.39 is 41.9 Å². The summed E-state index contributed by atoms with van der Waals surface area (Å²) < 4.78 is 26.4. The van der Waals surface area contributed by atoms with Crippen molar-refractivity contribution in [2.75, 3.05) is 11.9 Å². The molecule has 5 aromatic carbocycles. The van der Waals surface area contributed by atoms with Crippen LogP contribution >= 0.6 is 15.9 Å². The minimum atomic E-state index is -0.979. The Morgan fingerprint density at radius 3 is 2.20 bits per heavy atom. The average molecular weight is 738 g/mol. The van der Waals surface area contributed by atoms with Gasteiger partial charge in [-0.3, -0.25) is 4.79 Å². The molecule has 0 aromatic heterocycles. The van der Waals surface area contributed by atoms with E-state index in [1.54, 1.807) is 0 Å². The zero-order valence-electron chi connectivity index (χ0n) is 27.3. The van der Waals surface area contributed by atoms with Crippen LogP contribution in [0.2, 0.25) is 0 Å². The highest BCUT2D eigenvalue weighted by Gasteiger charge is 2.44. The first-order valence-electron chi connectivity index (χ1n) is 16.6. The standard InChI is InChI=1S/C41H38BrFN2O5/c42-31-18-21-35(38(25-31)49-26-29-12-6-2-7-13-29)39(44-33-14-8-3-9-15-33)36(22-23-37(46)30-16-19-32(43)20-17-30)40(47)45-34(27-50-41(45)48)24-28-10-4-1-5-11-28/h1-21,25,34,36-37,39,44,46H,22-24,26-27H2/t34-,36?,37?,39?/m0/s1. The molecule has 256 valence electrons. The lowest BCUT2D eigenvalue weighted by Gasteiger charge is -2.33. The minimum Gasteiger partial charge on any atom is -0.489 e. The Morgan fingerprint density at radius 1 is 0.880 bits per heavy atom. The van der Waals surface area contributed by atoms with Gasteiger partial charge in [-0.1, -0.05) is 113 Å². The van der Waals surface area contributed by atoms with Gasteiger partial charge in [-0.05, 0) is 72.4 Å².